The van der Waals surface area contributed by atoms with Crippen molar-refractivity contribution in [3.8, 4) is 17.2 Å². The number of aliphatic carboxylic acids is 1. The van der Waals surface area contributed by atoms with Crippen molar-refractivity contribution in [3.05, 3.63) is 16.7 Å². The number of phenols is 1. The zero-order valence-electron chi connectivity index (χ0n) is 9.40. The van der Waals surface area contributed by atoms with Crippen molar-refractivity contribution in [2.24, 2.45) is 0 Å². The van der Waals surface area contributed by atoms with Crippen LogP contribution in [0.3, 0.4) is 0 Å². The first kappa shape index (κ1) is 11.5. The van der Waals surface area contributed by atoms with Crippen LogP contribution in [0.4, 0.5) is 0 Å². The first-order valence-corrected chi connectivity index (χ1v) is 5.99. The molecule has 5 nitrogen and oxygen atoms in total. The van der Waals surface area contributed by atoms with E-state index in [0.717, 1.165) is 0 Å². The van der Waals surface area contributed by atoms with Gasteiger partial charge in [0.15, 0.2) is 11.5 Å². The summed E-state index contributed by atoms with van der Waals surface area (Å²) in [6.45, 7) is 0.713. The molecule has 1 aromatic carbocycles. The van der Waals surface area contributed by atoms with Gasteiger partial charge in [0, 0.05) is 11.6 Å². The van der Waals surface area contributed by atoms with E-state index in [0.29, 0.717) is 43.1 Å². The summed E-state index contributed by atoms with van der Waals surface area (Å²) in [4.78, 5) is 11.4. The van der Waals surface area contributed by atoms with Crippen LogP contribution < -0.4 is 9.47 Å². The van der Waals surface area contributed by atoms with Gasteiger partial charge in [-0.1, -0.05) is 11.6 Å². The van der Waals surface area contributed by atoms with Crippen LogP contribution in [0.1, 0.15) is 18.4 Å². The predicted octanol–water partition coefficient (Wildman–Crippen LogP) is 1.93. The van der Waals surface area contributed by atoms with Crippen LogP contribution in [0.5, 0.6) is 17.2 Å². The Morgan fingerprint density at radius 3 is 2.61 bits per heavy atom. The van der Waals surface area contributed by atoms with Gasteiger partial charge >= 0.3 is 5.97 Å². The van der Waals surface area contributed by atoms with E-state index in [9.17, 15) is 15.0 Å². The molecule has 1 heterocycles. The standard InChI is InChI=1S/C12H11ClO5/c13-9-6(14)5-7-10(18-4-3-17-7)8(9)12(1-2-12)11(15)16/h5,14H,1-4H2,(H,15,16). The fourth-order valence-corrected chi connectivity index (χ4v) is 2.59. The second kappa shape index (κ2) is 3.68. The summed E-state index contributed by atoms with van der Waals surface area (Å²) in [6, 6.07) is 1.36. The first-order chi connectivity index (χ1) is 8.56. The van der Waals surface area contributed by atoms with Crippen molar-refractivity contribution in [1.29, 1.82) is 0 Å². The van der Waals surface area contributed by atoms with Gasteiger partial charge in [-0.3, -0.25) is 4.79 Å². The molecule has 2 N–H and O–H groups in total. The number of benzene rings is 1. The molecule has 18 heavy (non-hydrogen) atoms. The molecule has 0 radical (unpaired) electrons. The lowest BCUT2D eigenvalue weighted by molar-refractivity contribution is -0.140. The summed E-state index contributed by atoms with van der Waals surface area (Å²) in [7, 11) is 0. The normalized spacial score (nSPS) is 19.4. The Balaban J connectivity index is 2.24. The summed E-state index contributed by atoms with van der Waals surface area (Å²) in [5.41, 5.74) is -0.702. The van der Waals surface area contributed by atoms with Gasteiger partial charge in [0.05, 0.1) is 10.4 Å². The van der Waals surface area contributed by atoms with Crippen LogP contribution in [0.2, 0.25) is 5.02 Å². The molecule has 0 unspecified atom stereocenters. The van der Waals surface area contributed by atoms with E-state index in [4.69, 9.17) is 21.1 Å². The molecule has 0 spiro atoms. The third-order valence-corrected chi connectivity index (χ3v) is 3.77. The van der Waals surface area contributed by atoms with E-state index >= 15 is 0 Å². The van der Waals surface area contributed by atoms with Crippen molar-refractivity contribution in [2.75, 3.05) is 13.2 Å². The van der Waals surface area contributed by atoms with E-state index in [1.54, 1.807) is 0 Å². The molecule has 96 valence electrons. The lowest BCUT2D eigenvalue weighted by Crippen LogP contribution is -2.24. The summed E-state index contributed by atoms with van der Waals surface area (Å²) in [5.74, 6) is -0.426. The summed E-state index contributed by atoms with van der Waals surface area (Å²) in [5, 5.41) is 19.1. The Kier molecular flexibility index (Phi) is 2.35. The van der Waals surface area contributed by atoms with Crippen molar-refractivity contribution < 1.29 is 24.5 Å². The molecule has 0 aromatic heterocycles. The largest absolute Gasteiger partial charge is 0.506 e. The minimum atomic E-state index is -1.04. The smallest absolute Gasteiger partial charge is 0.314 e. The number of hydrogen-bond donors (Lipinski definition) is 2. The minimum absolute atomic E-state index is 0.0409. The number of carbonyl (C=O) groups is 1. The number of hydrogen-bond acceptors (Lipinski definition) is 4. The first-order valence-electron chi connectivity index (χ1n) is 5.61. The zero-order valence-corrected chi connectivity index (χ0v) is 10.2. The topological polar surface area (TPSA) is 76.0 Å². The molecular formula is C12H11ClO5. The van der Waals surface area contributed by atoms with Crippen LogP contribution in [-0.4, -0.2) is 29.4 Å². The number of phenolic OH excluding ortho intramolecular Hbond substituents is 1. The molecule has 0 bridgehead atoms. The van der Waals surface area contributed by atoms with E-state index < -0.39 is 11.4 Å². The van der Waals surface area contributed by atoms with Crippen LogP contribution >= 0.6 is 11.6 Å². The highest BCUT2D eigenvalue weighted by Gasteiger charge is 2.55. The fourth-order valence-electron chi connectivity index (χ4n) is 2.27. The van der Waals surface area contributed by atoms with Gasteiger partial charge in [-0.2, -0.15) is 0 Å². The zero-order chi connectivity index (χ0) is 12.9. The van der Waals surface area contributed by atoms with Crippen molar-refractivity contribution in [2.45, 2.75) is 18.3 Å². The van der Waals surface area contributed by atoms with Crippen LogP contribution in [0.15, 0.2) is 6.07 Å². The lowest BCUT2D eigenvalue weighted by Gasteiger charge is -2.25. The highest BCUT2D eigenvalue weighted by molar-refractivity contribution is 6.33. The maximum absolute atomic E-state index is 11.4. The molecule has 0 atom stereocenters. The number of fused-ring (bicyclic) bond motifs is 1. The summed E-state index contributed by atoms with van der Waals surface area (Å²) >= 11 is 6.05. The van der Waals surface area contributed by atoms with E-state index in [1.807, 2.05) is 0 Å². The highest BCUT2D eigenvalue weighted by Crippen LogP contribution is 2.58. The molecule has 3 rings (SSSR count). The van der Waals surface area contributed by atoms with Crippen molar-refractivity contribution in [3.63, 3.8) is 0 Å². The van der Waals surface area contributed by atoms with Crippen LogP contribution in [0.25, 0.3) is 0 Å². The van der Waals surface area contributed by atoms with E-state index in [2.05, 4.69) is 0 Å². The van der Waals surface area contributed by atoms with Gasteiger partial charge < -0.3 is 19.7 Å². The Bertz CT molecular complexity index is 536. The molecule has 1 aliphatic heterocycles. The average molecular weight is 271 g/mol. The number of carboxylic acids is 1. The number of aromatic hydroxyl groups is 1. The van der Waals surface area contributed by atoms with Gasteiger partial charge in [-0.05, 0) is 12.8 Å². The van der Waals surface area contributed by atoms with Gasteiger partial charge in [0.2, 0.25) is 0 Å². The quantitative estimate of drug-likeness (QED) is 0.859. The monoisotopic (exact) mass is 270 g/mol. The maximum atomic E-state index is 11.4. The van der Waals surface area contributed by atoms with Gasteiger partial charge in [-0.25, -0.2) is 0 Å². The molecule has 1 saturated carbocycles. The van der Waals surface area contributed by atoms with E-state index in [1.165, 1.54) is 6.07 Å². The summed E-state index contributed by atoms with van der Waals surface area (Å²) in [6.07, 6.45) is 0.975. The Labute approximate surface area is 108 Å². The van der Waals surface area contributed by atoms with Gasteiger partial charge in [0.25, 0.3) is 0 Å². The molecule has 0 amide bonds. The number of rotatable bonds is 2. The summed E-state index contributed by atoms with van der Waals surface area (Å²) < 4.78 is 10.8. The van der Waals surface area contributed by atoms with Crippen LogP contribution in [0, 0.1) is 0 Å². The lowest BCUT2D eigenvalue weighted by atomic mass is 9.94. The number of ether oxygens (including phenoxy) is 2. The van der Waals surface area contributed by atoms with E-state index in [-0.39, 0.29) is 10.8 Å². The molecule has 1 fully saturated rings. The molecule has 2 aliphatic rings. The Morgan fingerprint density at radius 1 is 1.33 bits per heavy atom. The second-order valence-electron chi connectivity index (χ2n) is 4.50. The highest BCUT2D eigenvalue weighted by atomic mass is 35.5. The van der Waals surface area contributed by atoms with Gasteiger partial charge in [0.1, 0.15) is 19.0 Å². The molecule has 1 aliphatic carbocycles. The van der Waals surface area contributed by atoms with Crippen molar-refractivity contribution >= 4 is 17.6 Å². The third-order valence-electron chi connectivity index (χ3n) is 3.39. The van der Waals surface area contributed by atoms with Gasteiger partial charge in [-0.15, -0.1) is 0 Å². The molecule has 0 saturated heterocycles. The van der Waals surface area contributed by atoms with Crippen molar-refractivity contribution in [1.82, 2.24) is 0 Å². The second-order valence-corrected chi connectivity index (χ2v) is 4.87. The molecule has 6 heteroatoms. The minimum Gasteiger partial charge on any atom is -0.506 e. The Morgan fingerprint density at radius 2 is 2.00 bits per heavy atom. The molecule has 1 aromatic rings. The number of halogens is 1. The third kappa shape index (κ3) is 1.43. The predicted molar refractivity (Wildman–Crippen MR) is 62.7 cm³/mol. The SMILES string of the molecule is O=C(O)C1(c2c(Cl)c(O)cc3c2OCCO3)CC1. The molecular weight excluding hydrogens is 260 g/mol. The fraction of sp³-hybridized carbons (Fsp3) is 0.417. The number of carboxylic acid groups (broad SMARTS) is 1. The average Bonchev–Trinajstić information content (AvgIpc) is 3.12. The maximum Gasteiger partial charge on any atom is 0.314 e. The Hall–Kier alpha value is -1.62. The van der Waals surface area contributed by atoms with Crippen LogP contribution in [-0.2, 0) is 10.2 Å².